The lowest BCUT2D eigenvalue weighted by Crippen LogP contribution is -2.29. The Balaban J connectivity index is 2.45. The summed E-state index contributed by atoms with van der Waals surface area (Å²) in [5.41, 5.74) is 1.06. The molecule has 1 aliphatic heterocycles. The predicted octanol–water partition coefficient (Wildman–Crippen LogP) is 3.18. The Morgan fingerprint density at radius 2 is 2.26 bits per heavy atom. The summed E-state index contributed by atoms with van der Waals surface area (Å²) < 4.78 is 0. The maximum atomic E-state index is 11.3. The standard InChI is InChI=1S/C14H18N2O3/c1-3-12-5-4-8-15(12)13-7-6-11(10(2)17)9-14(13)16(18)19/h6-7,9,12H,3-5,8H2,1-2H3. The summed E-state index contributed by atoms with van der Waals surface area (Å²) in [5, 5.41) is 11.2. The number of Topliss-reactive ketones (excluding diaryl/α,β-unsaturated/α-hetero) is 1. The molecule has 1 aliphatic rings. The number of anilines is 1. The van der Waals surface area contributed by atoms with E-state index < -0.39 is 4.92 Å². The van der Waals surface area contributed by atoms with Crippen LogP contribution in [0.3, 0.4) is 0 Å². The van der Waals surface area contributed by atoms with E-state index >= 15 is 0 Å². The number of nitro benzene ring substituents is 1. The lowest BCUT2D eigenvalue weighted by Gasteiger charge is -2.25. The Hall–Kier alpha value is -1.91. The molecule has 1 aromatic rings. The number of carbonyl (C=O) groups is 1. The second-order valence-electron chi connectivity index (χ2n) is 4.91. The molecule has 1 aromatic carbocycles. The SMILES string of the molecule is CCC1CCCN1c1ccc(C(C)=O)cc1[N+](=O)[O-]. The Bertz CT molecular complexity index is 513. The zero-order valence-corrected chi connectivity index (χ0v) is 11.3. The predicted molar refractivity (Wildman–Crippen MR) is 73.8 cm³/mol. The maximum absolute atomic E-state index is 11.3. The third-order valence-electron chi connectivity index (χ3n) is 3.74. The van der Waals surface area contributed by atoms with Crippen LogP contribution in [0.1, 0.15) is 43.5 Å². The number of hydrogen-bond donors (Lipinski definition) is 0. The van der Waals surface area contributed by atoms with Gasteiger partial charge in [0.15, 0.2) is 5.78 Å². The van der Waals surface area contributed by atoms with Gasteiger partial charge >= 0.3 is 0 Å². The number of nitrogens with zero attached hydrogens (tertiary/aromatic N) is 2. The molecule has 102 valence electrons. The molecule has 0 saturated carbocycles. The van der Waals surface area contributed by atoms with Crippen molar-refractivity contribution >= 4 is 17.2 Å². The van der Waals surface area contributed by atoms with Gasteiger partial charge in [0.2, 0.25) is 0 Å². The minimum absolute atomic E-state index is 0.0352. The second-order valence-corrected chi connectivity index (χ2v) is 4.91. The number of ketones is 1. The van der Waals surface area contributed by atoms with Crippen LogP contribution in [0.15, 0.2) is 18.2 Å². The lowest BCUT2D eigenvalue weighted by molar-refractivity contribution is -0.384. The Labute approximate surface area is 112 Å². The van der Waals surface area contributed by atoms with E-state index in [1.165, 1.54) is 13.0 Å². The van der Waals surface area contributed by atoms with Gasteiger partial charge in [-0.05, 0) is 38.3 Å². The zero-order valence-electron chi connectivity index (χ0n) is 11.3. The Morgan fingerprint density at radius 1 is 1.53 bits per heavy atom. The minimum atomic E-state index is -0.396. The van der Waals surface area contributed by atoms with Gasteiger partial charge in [0.05, 0.1) is 4.92 Å². The van der Waals surface area contributed by atoms with Gasteiger partial charge in [0.25, 0.3) is 5.69 Å². The van der Waals surface area contributed by atoms with Gasteiger partial charge in [-0.3, -0.25) is 14.9 Å². The fraction of sp³-hybridized carbons (Fsp3) is 0.500. The first-order valence-corrected chi connectivity index (χ1v) is 6.60. The van der Waals surface area contributed by atoms with Crippen LogP contribution in [-0.4, -0.2) is 23.3 Å². The topological polar surface area (TPSA) is 63.5 Å². The molecule has 0 N–H and O–H groups in total. The first kappa shape index (κ1) is 13.5. The van der Waals surface area contributed by atoms with Gasteiger partial charge < -0.3 is 4.90 Å². The molecule has 5 heteroatoms. The number of benzene rings is 1. The molecule has 2 rings (SSSR count). The highest BCUT2D eigenvalue weighted by Crippen LogP contribution is 2.35. The van der Waals surface area contributed by atoms with Crippen molar-refractivity contribution in [3.63, 3.8) is 0 Å². The second kappa shape index (κ2) is 5.38. The highest BCUT2D eigenvalue weighted by atomic mass is 16.6. The van der Waals surface area contributed by atoms with Gasteiger partial charge in [-0.25, -0.2) is 0 Å². The number of nitro groups is 1. The molecule has 19 heavy (non-hydrogen) atoms. The van der Waals surface area contributed by atoms with E-state index in [0.29, 0.717) is 17.3 Å². The molecule has 5 nitrogen and oxygen atoms in total. The van der Waals surface area contributed by atoms with Gasteiger partial charge in [-0.1, -0.05) is 6.92 Å². The van der Waals surface area contributed by atoms with Crippen LogP contribution in [-0.2, 0) is 0 Å². The smallest absolute Gasteiger partial charge is 0.293 e. The van der Waals surface area contributed by atoms with E-state index in [-0.39, 0.29) is 11.5 Å². The van der Waals surface area contributed by atoms with Crippen LogP contribution < -0.4 is 4.90 Å². The van der Waals surface area contributed by atoms with Crippen LogP contribution in [0, 0.1) is 10.1 Å². The van der Waals surface area contributed by atoms with E-state index in [9.17, 15) is 14.9 Å². The first-order valence-electron chi connectivity index (χ1n) is 6.60. The summed E-state index contributed by atoms with van der Waals surface area (Å²) in [7, 11) is 0. The number of carbonyl (C=O) groups excluding carboxylic acids is 1. The van der Waals surface area contributed by atoms with Crippen molar-refractivity contribution in [2.45, 2.75) is 39.2 Å². The van der Waals surface area contributed by atoms with Crippen molar-refractivity contribution in [3.8, 4) is 0 Å². The van der Waals surface area contributed by atoms with Crippen molar-refractivity contribution in [2.24, 2.45) is 0 Å². The first-order chi connectivity index (χ1) is 9.04. The summed E-state index contributed by atoms with van der Waals surface area (Å²) in [6.45, 7) is 4.36. The third kappa shape index (κ3) is 2.59. The molecule has 0 bridgehead atoms. The van der Waals surface area contributed by atoms with Crippen molar-refractivity contribution in [1.29, 1.82) is 0 Å². The molecule has 0 spiro atoms. The molecule has 0 amide bonds. The molecule has 0 aliphatic carbocycles. The molecule has 1 heterocycles. The monoisotopic (exact) mass is 262 g/mol. The van der Waals surface area contributed by atoms with Gasteiger partial charge in [0, 0.05) is 24.2 Å². The van der Waals surface area contributed by atoms with Crippen LogP contribution in [0.25, 0.3) is 0 Å². The van der Waals surface area contributed by atoms with Crippen LogP contribution in [0.2, 0.25) is 0 Å². The molecule has 1 fully saturated rings. The molecule has 0 radical (unpaired) electrons. The van der Waals surface area contributed by atoms with E-state index in [4.69, 9.17) is 0 Å². The number of hydrogen-bond acceptors (Lipinski definition) is 4. The van der Waals surface area contributed by atoms with E-state index in [2.05, 4.69) is 11.8 Å². The van der Waals surface area contributed by atoms with Crippen LogP contribution in [0.4, 0.5) is 11.4 Å². The highest BCUT2D eigenvalue weighted by Gasteiger charge is 2.29. The lowest BCUT2D eigenvalue weighted by atomic mass is 10.1. The fourth-order valence-electron chi connectivity index (χ4n) is 2.71. The van der Waals surface area contributed by atoms with Crippen molar-refractivity contribution in [2.75, 3.05) is 11.4 Å². The summed E-state index contributed by atoms with van der Waals surface area (Å²) in [6, 6.07) is 5.14. The molecular formula is C14H18N2O3. The maximum Gasteiger partial charge on any atom is 0.293 e. The summed E-state index contributed by atoms with van der Waals surface area (Å²) in [4.78, 5) is 24.3. The average Bonchev–Trinajstić information content (AvgIpc) is 2.85. The zero-order chi connectivity index (χ0) is 14.0. The van der Waals surface area contributed by atoms with Crippen LogP contribution >= 0.6 is 0 Å². The Kier molecular flexibility index (Phi) is 3.83. The minimum Gasteiger partial charge on any atom is -0.363 e. The molecule has 1 saturated heterocycles. The summed E-state index contributed by atoms with van der Waals surface area (Å²) >= 11 is 0. The van der Waals surface area contributed by atoms with Gasteiger partial charge in [-0.15, -0.1) is 0 Å². The summed E-state index contributed by atoms with van der Waals surface area (Å²) in [5.74, 6) is -0.150. The number of rotatable bonds is 4. The largest absolute Gasteiger partial charge is 0.363 e. The van der Waals surface area contributed by atoms with Gasteiger partial charge in [-0.2, -0.15) is 0 Å². The summed E-state index contributed by atoms with van der Waals surface area (Å²) in [6.07, 6.45) is 3.11. The molecule has 1 unspecified atom stereocenters. The van der Waals surface area contributed by atoms with E-state index in [1.54, 1.807) is 12.1 Å². The Morgan fingerprint density at radius 3 is 2.84 bits per heavy atom. The van der Waals surface area contributed by atoms with E-state index in [0.717, 1.165) is 25.8 Å². The van der Waals surface area contributed by atoms with Gasteiger partial charge in [0.1, 0.15) is 5.69 Å². The quantitative estimate of drug-likeness (QED) is 0.475. The van der Waals surface area contributed by atoms with Crippen molar-refractivity contribution < 1.29 is 9.72 Å². The van der Waals surface area contributed by atoms with Crippen molar-refractivity contribution in [1.82, 2.24) is 0 Å². The van der Waals surface area contributed by atoms with Crippen molar-refractivity contribution in [3.05, 3.63) is 33.9 Å². The third-order valence-corrected chi connectivity index (χ3v) is 3.74. The molecule has 0 aromatic heterocycles. The average molecular weight is 262 g/mol. The van der Waals surface area contributed by atoms with E-state index in [1.807, 2.05) is 0 Å². The highest BCUT2D eigenvalue weighted by molar-refractivity contribution is 5.95. The molecule has 1 atom stereocenters. The fourth-order valence-corrected chi connectivity index (χ4v) is 2.71. The van der Waals surface area contributed by atoms with Crippen LogP contribution in [0.5, 0.6) is 0 Å². The normalized spacial score (nSPS) is 18.6. The molecular weight excluding hydrogens is 244 g/mol.